The van der Waals surface area contributed by atoms with E-state index in [0.717, 1.165) is 28.9 Å². The van der Waals surface area contributed by atoms with Crippen LogP contribution in [0.5, 0.6) is 11.5 Å². The van der Waals surface area contributed by atoms with E-state index in [1.807, 2.05) is 23.1 Å². The molecule has 0 atom stereocenters. The number of carbonyl (C=O) groups is 1. The van der Waals surface area contributed by atoms with Gasteiger partial charge < -0.3 is 19.1 Å². The smallest absolute Gasteiger partial charge is 0.253 e. The maximum absolute atomic E-state index is 12.5. The Bertz CT molecular complexity index is 829. The molecule has 136 valence electrons. The monoisotopic (exact) mass is 353 g/mol. The first-order valence-electron chi connectivity index (χ1n) is 8.93. The van der Waals surface area contributed by atoms with Gasteiger partial charge in [-0.1, -0.05) is 18.2 Å². The summed E-state index contributed by atoms with van der Waals surface area (Å²) < 4.78 is 16.3. The molecule has 2 aliphatic rings. The molecule has 0 saturated heterocycles. The van der Waals surface area contributed by atoms with Crippen molar-refractivity contribution in [1.82, 2.24) is 0 Å². The fourth-order valence-electron chi connectivity index (χ4n) is 3.35. The molecule has 5 nitrogen and oxygen atoms in total. The number of nitrogens with zero attached hydrogens (tertiary/aromatic N) is 1. The maximum Gasteiger partial charge on any atom is 0.253 e. The largest absolute Gasteiger partial charge is 0.493 e. The second-order valence-corrected chi connectivity index (χ2v) is 6.85. The normalized spacial score (nSPS) is 16.8. The van der Waals surface area contributed by atoms with Crippen molar-refractivity contribution in [1.29, 1.82) is 0 Å². The maximum atomic E-state index is 12.5. The lowest BCUT2D eigenvalue weighted by Crippen LogP contribution is -2.34. The van der Waals surface area contributed by atoms with Crippen molar-refractivity contribution < 1.29 is 19.0 Å². The van der Waals surface area contributed by atoms with Gasteiger partial charge >= 0.3 is 0 Å². The number of methoxy groups -OCH3 is 2. The van der Waals surface area contributed by atoms with E-state index in [9.17, 15) is 4.79 Å². The van der Waals surface area contributed by atoms with Crippen molar-refractivity contribution in [3.63, 3.8) is 0 Å². The Hall–Kier alpha value is -2.53. The molecule has 1 amide bonds. The Kier molecular flexibility index (Phi) is 4.55. The molecular weight excluding hydrogens is 330 g/mol. The van der Waals surface area contributed by atoms with Crippen molar-refractivity contribution in [3.05, 3.63) is 42.0 Å². The number of amides is 1. The van der Waals surface area contributed by atoms with Crippen LogP contribution < -0.4 is 14.4 Å². The van der Waals surface area contributed by atoms with Crippen LogP contribution in [0.3, 0.4) is 0 Å². The number of ether oxygens (including phenoxy) is 3. The quantitative estimate of drug-likeness (QED) is 0.823. The van der Waals surface area contributed by atoms with Crippen LogP contribution in [0.15, 0.2) is 36.4 Å². The highest BCUT2D eigenvalue weighted by atomic mass is 16.5. The average molecular weight is 353 g/mol. The third kappa shape index (κ3) is 3.27. The summed E-state index contributed by atoms with van der Waals surface area (Å²) in [5.41, 5.74) is 4.09. The number of fused-ring (bicyclic) bond motifs is 1. The van der Waals surface area contributed by atoms with Gasteiger partial charge in [0.05, 0.1) is 20.8 Å². The van der Waals surface area contributed by atoms with E-state index >= 15 is 0 Å². The zero-order chi connectivity index (χ0) is 18.1. The van der Waals surface area contributed by atoms with Gasteiger partial charge in [-0.05, 0) is 48.1 Å². The molecule has 5 heteroatoms. The van der Waals surface area contributed by atoms with Gasteiger partial charge in [-0.3, -0.25) is 4.79 Å². The molecule has 0 bridgehead atoms. The van der Waals surface area contributed by atoms with E-state index in [1.165, 1.54) is 12.8 Å². The number of hydrogen-bond donors (Lipinski definition) is 0. The van der Waals surface area contributed by atoms with Crippen molar-refractivity contribution in [2.45, 2.75) is 19.4 Å². The van der Waals surface area contributed by atoms with Crippen LogP contribution in [0.2, 0.25) is 0 Å². The van der Waals surface area contributed by atoms with E-state index in [2.05, 4.69) is 18.2 Å². The van der Waals surface area contributed by atoms with Crippen LogP contribution >= 0.6 is 0 Å². The first kappa shape index (κ1) is 16.9. The molecule has 1 aliphatic heterocycles. The van der Waals surface area contributed by atoms with Crippen LogP contribution in [-0.2, 0) is 16.1 Å². The topological polar surface area (TPSA) is 48.0 Å². The second-order valence-electron chi connectivity index (χ2n) is 6.85. The van der Waals surface area contributed by atoms with Gasteiger partial charge in [-0.15, -0.1) is 0 Å². The molecule has 0 radical (unpaired) electrons. The van der Waals surface area contributed by atoms with Crippen LogP contribution in [0.1, 0.15) is 18.4 Å². The highest BCUT2D eigenvalue weighted by Gasteiger charge is 2.30. The minimum absolute atomic E-state index is 0.0418. The SMILES string of the molecule is COc1ccc(-c2ccc3c(c2)N(CC2CC2)C(=O)COC3)cc1OC. The minimum atomic E-state index is 0.0418. The van der Waals surface area contributed by atoms with Crippen LogP contribution in [0.25, 0.3) is 11.1 Å². The molecule has 1 aliphatic carbocycles. The molecule has 26 heavy (non-hydrogen) atoms. The molecule has 2 aromatic carbocycles. The fraction of sp³-hybridized carbons (Fsp3) is 0.381. The van der Waals surface area contributed by atoms with Gasteiger partial charge in [-0.25, -0.2) is 0 Å². The molecular formula is C21H23NO4. The number of anilines is 1. The summed E-state index contributed by atoms with van der Waals surface area (Å²) in [5, 5.41) is 0. The molecule has 0 aromatic heterocycles. The van der Waals surface area contributed by atoms with E-state index in [4.69, 9.17) is 14.2 Å². The van der Waals surface area contributed by atoms with E-state index in [0.29, 0.717) is 24.0 Å². The highest BCUT2D eigenvalue weighted by molar-refractivity contribution is 5.96. The van der Waals surface area contributed by atoms with Crippen molar-refractivity contribution in [2.24, 2.45) is 5.92 Å². The Labute approximate surface area is 153 Å². The summed E-state index contributed by atoms with van der Waals surface area (Å²) in [6.45, 7) is 1.39. The summed E-state index contributed by atoms with van der Waals surface area (Å²) in [6, 6.07) is 12.1. The number of benzene rings is 2. The number of hydrogen-bond acceptors (Lipinski definition) is 4. The Morgan fingerprint density at radius 2 is 1.73 bits per heavy atom. The zero-order valence-corrected chi connectivity index (χ0v) is 15.2. The third-order valence-electron chi connectivity index (χ3n) is 5.01. The predicted molar refractivity (Wildman–Crippen MR) is 99.7 cm³/mol. The lowest BCUT2D eigenvalue weighted by molar-refractivity contribution is -0.123. The average Bonchev–Trinajstić information content (AvgIpc) is 3.50. The first-order valence-corrected chi connectivity index (χ1v) is 8.93. The van der Waals surface area contributed by atoms with E-state index < -0.39 is 0 Å². The summed E-state index contributed by atoms with van der Waals surface area (Å²) in [7, 11) is 3.26. The fourth-order valence-corrected chi connectivity index (χ4v) is 3.35. The minimum Gasteiger partial charge on any atom is -0.493 e. The molecule has 0 spiro atoms. The van der Waals surface area contributed by atoms with Crippen molar-refractivity contribution in [2.75, 3.05) is 32.3 Å². The summed E-state index contributed by atoms with van der Waals surface area (Å²) in [6.07, 6.45) is 2.41. The zero-order valence-electron chi connectivity index (χ0n) is 15.2. The van der Waals surface area contributed by atoms with Gasteiger partial charge in [-0.2, -0.15) is 0 Å². The molecule has 1 saturated carbocycles. The van der Waals surface area contributed by atoms with E-state index in [1.54, 1.807) is 14.2 Å². The molecule has 2 aromatic rings. The van der Waals surface area contributed by atoms with Crippen LogP contribution in [-0.4, -0.2) is 33.3 Å². The van der Waals surface area contributed by atoms with Crippen LogP contribution in [0, 0.1) is 5.92 Å². The molecule has 1 heterocycles. The van der Waals surface area contributed by atoms with Gasteiger partial charge in [0.15, 0.2) is 11.5 Å². The molecule has 1 fully saturated rings. The van der Waals surface area contributed by atoms with E-state index in [-0.39, 0.29) is 12.5 Å². The second kappa shape index (κ2) is 7.00. The molecule has 4 rings (SSSR count). The first-order chi connectivity index (χ1) is 12.7. The lowest BCUT2D eigenvalue weighted by Gasteiger charge is -2.23. The third-order valence-corrected chi connectivity index (χ3v) is 5.01. The van der Waals surface area contributed by atoms with Crippen molar-refractivity contribution >= 4 is 11.6 Å². The summed E-state index contributed by atoms with van der Waals surface area (Å²) in [5.74, 6) is 2.05. The Morgan fingerprint density at radius 1 is 1.00 bits per heavy atom. The lowest BCUT2D eigenvalue weighted by atomic mass is 10.0. The van der Waals surface area contributed by atoms with Crippen molar-refractivity contribution in [3.8, 4) is 22.6 Å². The van der Waals surface area contributed by atoms with Crippen LogP contribution in [0.4, 0.5) is 5.69 Å². The summed E-state index contributed by atoms with van der Waals surface area (Å²) in [4.78, 5) is 14.4. The number of rotatable bonds is 5. The standard InChI is InChI=1S/C21H23NO4/c1-24-19-8-7-16(10-20(19)25-2)15-5-6-17-12-26-13-21(23)22(18(17)9-15)11-14-3-4-14/h5-10,14H,3-4,11-13H2,1-2H3. The Morgan fingerprint density at radius 3 is 2.46 bits per heavy atom. The van der Waals surface area contributed by atoms with Gasteiger partial charge in [0.25, 0.3) is 5.91 Å². The Balaban J connectivity index is 1.74. The highest BCUT2D eigenvalue weighted by Crippen LogP contribution is 2.37. The summed E-state index contributed by atoms with van der Waals surface area (Å²) >= 11 is 0. The number of carbonyl (C=O) groups excluding carboxylic acids is 1. The predicted octanol–water partition coefficient (Wildman–Crippen LogP) is 3.64. The molecule has 0 N–H and O–H groups in total. The van der Waals surface area contributed by atoms with Gasteiger partial charge in [0.2, 0.25) is 0 Å². The van der Waals surface area contributed by atoms with Gasteiger partial charge in [0.1, 0.15) is 6.61 Å². The molecule has 0 unspecified atom stereocenters. The van der Waals surface area contributed by atoms with Gasteiger partial charge in [0, 0.05) is 17.8 Å².